The zero-order chi connectivity index (χ0) is 25.5. The van der Waals surface area contributed by atoms with Crippen LogP contribution < -0.4 is 10.9 Å². The Kier molecular flexibility index (Phi) is 7.17. The molecule has 8 nitrogen and oxygen atoms in total. The van der Waals surface area contributed by atoms with Crippen LogP contribution in [0.1, 0.15) is 50.5 Å². The second kappa shape index (κ2) is 9.83. The Morgan fingerprint density at radius 2 is 1.80 bits per heavy atom. The quantitative estimate of drug-likeness (QED) is 0.529. The summed E-state index contributed by atoms with van der Waals surface area (Å²) in [6.45, 7) is 10.6. The van der Waals surface area contributed by atoms with Crippen LogP contribution in [0.15, 0.2) is 40.3 Å². The summed E-state index contributed by atoms with van der Waals surface area (Å²) in [5, 5.41) is 2.86. The SMILES string of the molecule is Cc1sc2ncn(CC(=O)Nc3ccc(C(C)C)cc3)c(=O)c2c1S(=O)(=O)N1C[C@H](C)C[C@@H](C)C1. The number of aryl methyl sites for hydroxylation is 1. The summed E-state index contributed by atoms with van der Waals surface area (Å²) in [4.78, 5) is 31.3. The van der Waals surface area contributed by atoms with E-state index in [0.29, 0.717) is 34.4 Å². The van der Waals surface area contributed by atoms with Crippen molar-refractivity contribution in [3.63, 3.8) is 0 Å². The highest BCUT2D eigenvalue weighted by Gasteiger charge is 2.35. The zero-order valence-electron chi connectivity index (χ0n) is 20.7. The highest BCUT2D eigenvalue weighted by Crippen LogP contribution is 2.35. The zero-order valence-corrected chi connectivity index (χ0v) is 22.4. The van der Waals surface area contributed by atoms with Crippen LogP contribution in [0.25, 0.3) is 10.2 Å². The van der Waals surface area contributed by atoms with Crippen molar-refractivity contribution in [3.05, 3.63) is 51.4 Å². The Morgan fingerprint density at radius 3 is 2.40 bits per heavy atom. The first kappa shape index (κ1) is 25.5. The van der Waals surface area contributed by atoms with E-state index < -0.39 is 15.6 Å². The van der Waals surface area contributed by atoms with Crippen LogP contribution in [0.4, 0.5) is 5.69 Å². The highest BCUT2D eigenvalue weighted by atomic mass is 32.2. The molecular formula is C25H32N4O4S2. The number of amides is 1. The van der Waals surface area contributed by atoms with Gasteiger partial charge in [-0.2, -0.15) is 4.31 Å². The first-order valence-electron chi connectivity index (χ1n) is 11.9. The molecule has 35 heavy (non-hydrogen) atoms. The third-order valence-electron chi connectivity index (χ3n) is 6.41. The topological polar surface area (TPSA) is 101 Å². The van der Waals surface area contributed by atoms with Gasteiger partial charge in [-0.05, 0) is 48.8 Å². The van der Waals surface area contributed by atoms with Gasteiger partial charge in [0.15, 0.2) is 0 Å². The molecule has 4 rings (SSSR count). The van der Waals surface area contributed by atoms with Crippen LogP contribution in [-0.4, -0.2) is 41.3 Å². The van der Waals surface area contributed by atoms with E-state index in [4.69, 9.17) is 0 Å². The predicted octanol–water partition coefficient (Wildman–Crippen LogP) is 4.20. The van der Waals surface area contributed by atoms with Crippen LogP contribution in [0, 0.1) is 18.8 Å². The van der Waals surface area contributed by atoms with Crippen LogP contribution >= 0.6 is 11.3 Å². The lowest BCUT2D eigenvalue weighted by molar-refractivity contribution is -0.116. The summed E-state index contributed by atoms with van der Waals surface area (Å²) in [7, 11) is -3.88. The van der Waals surface area contributed by atoms with Crippen molar-refractivity contribution in [3.8, 4) is 0 Å². The molecule has 1 amide bonds. The van der Waals surface area contributed by atoms with E-state index in [2.05, 4.69) is 24.1 Å². The van der Waals surface area contributed by atoms with Gasteiger partial charge in [0.1, 0.15) is 16.3 Å². The second-order valence-corrected chi connectivity index (χ2v) is 13.0. The van der Waals surface area contributed by atoms with Gasteiger partial charge in [-0.1, -0.05) is 39.8 Å². The summed E-state index contributed by atoms with van der Waals surface area (Å²) in [5.41, 5.74) is 1.26. The minimum Gasteiger partial charge on any atom is -0.325 e. The number of carbonyl (C=O) groups is 1. The Morgan fingerprint density at radius 1 is 1.17 bits per heavy atom. The number of benzene rings is 1. The molecule has 1 aliphatic heterocycles. The van der Waals surface area contributed by atoms with Crippen LogP contribution in [0.5, 0.6) is 0 Å². The second-order valence-electron chi connectivity index (χ2n) is 9.94. The minimum absolute atomic E-state index is 0.0235. The number of thiophene rings is 1. The van der Waals surface area contributed by atoms with Crippen molar-refractivity contribution in [1.82, 2.24) is 13.9 Å². The van der Waals surface area contributed by atoms with E-state index in [1.165, 1.54) is 26.5 Å². The number of carbonyl (C=O) groups excluding carboxylic acids is 1. The van der Waals surface area contributed by atoms with Crippen molar-refractivity contribution in [1.29, 1.82) is 0 Å². The molecule has 3 heterocycles. The van der Waals surface area contributed by atoms with Crippen LogP contribution in [0.2, 0.25) is 0 Å². The number of nitrogens with one attached hydrogen (secondary N) is 1. The number of sulfonamides is 1. The van der Waals surface area contributed by atoms with E-state index in [1.54, 1.807) is 6.92 Å². The largest absolute Gasteiger partial charge is 0.325 e. The average Bonchev–Trinajstić information content (AvgIpc) is 3.13. The fourth-order valence-electron chi connectivity index (χ4n) is 4.77. The molecule has 2 aromatic heterocycles. The number of nitrogens with zero attached hydrogens (tertiary/aromatic N) is 3. The van der Waals surface area contributed by atoms with Gasteiger partial charge in [0.05, 0.1) is 11.7 Å². The lowest BCUT2D eigenvalue weighted by Gasteiger charge is -2.34. The van der Waals surface area contributed by atoms with Gasteiger partial charge >= 0.3 is 0 Å². The lowest BCUT2D eigenvalue weighted by Crippen LogP contribution is -2.42. The number of anilines is 1. The normalized spacial score (nSPS) is 19.4. The molecule has 0 spiro atoms. The lowest BCUT2D eigenvalue weighted by atomic mass is 9.94. The van der Waals surface area contributed by atoms with E-state index in [9.17, 15) is 18.0 Å². The molecule has 0 aliphatic carbocycles. The molecule has 1 N–H and O–H groups in total. The van der Waals surface area contributed by atoms with Crippen molar-refractivity contribution in [2.24, 2.45) is 11.8 Å². The molecular weight excluding hydrogens is 484 g/mol. The fourth-order valence-corrected chi connectivity index (χ4v) is 8.12. The number of hydrogen-bond donors (Lipinski definition) is 1. The smallest absolute Gasteiger partial charge is 0.263 e. The van der Waals surface area contributed by atoms with E-state index in [0.717, 1.165) is 12.0 Å². The van der Waals surface area contributed by atoms with Crippen molar-refractivity contribution < 1.29 is 13.2 Å². The first-order valence-corrected chi connectivity index (χ1v) is 14.1. The molecule has 10 heteroatoms. The van der Waals surface area contributed by atoms with E-state index in [1.807, 2.05) is 38.1 Å². The molecule has 2 atom stereocenters. The molecule has 1 aromatic carbocycles. The van der Waals surface area contributed by atoms with Crippen molar-refractivity contribution in [2.75, 3.05) is 18.4 Å². The monoisotopic (exact) mass is 516 g/mol. The molecule has 0 bridgehead atoms. The molecule has 1 saturated heterocycles. The van der Waals surface area contributed by atoms with Gasteiger partial charge in [0.2, 0.25) is 15.9 Å². The molecule has 1 fully saturated rings. The van der Waals surface area contributed by atoms with Gasteiger partial charge in [0.25, 0.3) is 5.56 Å². The highest BCUT2D eigenvalue weighted by molar-refractivity contribution is 7.89. The summed E-state index contributed by atoms with van der Waals surface area (Å²) in [6, 6.07) is 7.55. The van der Waals surface area contributed by atoms with Gasteiger partial charge in [-0.15, -0.1) is 11.3 Å². The minimum atomic E-state index is -3.88. The first-order chi connectivity index (χ1) is 16.5. The third kappa shape index (κ3) is 5.19. The molecule has 1 aliphatic rings. The predicted molar refractivity (Wildman–Crippen MR) is 139 cm³/mol. The average molecular weight is 517 g/mol. The van der Waals surface area contributed by atoms with E-state index in [-0.39, 0.29) is 34.6 Å². The Labute approximate surface area is 210 Å². The van der Waals surface area contributed by atoms with Gasteiger partial charge in [0, 0.05) is 23.7 Å². The van der Waals surface area contributed by atoms with Gasteiger partial charge in [-0.3, -0.25) is 14.2 Å². The summed E-state index contributed by atoms with van der Waals surface area (Å²) < 4.78 is 30.0. The van der Waals surface area contributed by atoms with Crippen LogP contribution in [0.3, 0.4) is 0 Å². The van der Waals surface area contributed by atoms with Gasteiger partial charge < -0.3 is 5.32 Å². The molecule has 0 unspecified atom stereocenters. The van der Waals surface area contributed by atoms with E-state index >= 15 is 0 Å². The third-order valence-corrected chi connectivity index (χ3v) is 9.55. The summed E-state index contributed by atoms with van der Waals surface area (Å²) >= 11 is 1.19. The molecule has 0 saturated carbocycles. The molecule has 3 aromatic rings. The number of fused-ring (bicyclic) bond motifs is 1. The Hall–Kier alpha value is -2.56. The maximum absolute atomic E-state index is 13.7. The van der Waals surface area contributed by atoms with Crippen molar-refractivity contribution >= 4 is 43.2 Å². The maximum atomic E-state index is 13.7. The number of aromatic nitrogens is 2. The summed E-state index contributed by atoms with van der Waals surface area (Å²) in [6.07, 6.45) is 2.28. The fraction of sp³-hybridized carbons (Fsp3) is 0.480. The Bertz CT molecular complexity index is 1400. The number of hydrogen-bond acceptors (Lipinski definition) is 6. The molecule has 188 valence electrons. The molecule has 0 radical (unpaired) electrons. The standard InChI is InChI=1S/C25H32N4O4S2/c1-15(2)19-6-8-20(9-7-19)27-21(30)13-28-14-26-24-22(25(28)31)23(18(5)34-24)35(32,33)29-11-16(3)10-17(4)12-29/h6-9,14-17H,10-13H2,1-5H3,(H,27,30)/t16-,17-/m1/s1. The van der Waals surface area contributed by atoms with Gasteiger partial charge in [-0.25, -0.2) is 13.4 Å². The summed E-state index contributed by atoms with van der Waals surface area (Å²) in [5.74, 6) is 0.478. The number of rotatable bonds is 6. The maximum Gasteiger partial charge on any atom is 0.263 e. The Balaban J connectivity index is 1.64. The van der Waals surface area contributed by atoms with Crippen LogP contribution in [-0.2, 0) is 21.4 Å². The van der Waals surface area contributed by atoms with Crippen molar-refractivity contribution in [2.45, 2.75) is 58.4 Å². The number of piperidine rings is 1.